The minimum Gasteiger partial charge on any atom is -0.486 e. The van der Waals surface area contributed by atoms with Crippen molar-refractivity contribution in [3.8, 4) is 11.5 Å². The first kappa shape index (κ1) is 19.0. The van der Waals surface area contributed by atoms with Gasteiger partial charge in [-0.25, -0.2) is 13.4 Å². The van der Waals surface area contributed by atoms with E-state index in [-0.39, 0.29) is 11.0 Å². The van der Waals surface area contributed by atoms with Crippen molar-refractivity contribution in [2.24, 2.45) is 0 Å². The van der Waals surface area contributed by atoms with Gasteiger partial charge in [0.15, 0.2) is 17.6 Å². The Morgan fingerprint density at radius 2 is 1.86 bits per heavy atom. The van der Waals surface area contributed by atoms with Crippen LogP contribution >= 0.6 is 0 Å². The quantitative estimate of drug-likeness (QED) is 0.764. The van der Waals surface area contributed by atoms with Gasteiger partial charge in [-0.1, -0.05) is 18.6 Å². The number of likely N-dealkylation sites (N-methyl/N-ethyl adjacent to an activating group) is 1. The number of hydrogen-bond donors (Lipinski definition) is 0. The van der Waals surface area contributed by atoms with E-state index in [2.05, 4.69) is 4.98 Å². The molecule has 1 saturated heterocycles. The number of benzene rings is 1. The van der Waals surface area contributed by atoms with Gasteiger partial charge in [-0.2, -0.15) is 4.31 Å². The van der Waals surface area contributed by atoms with Crippen LogP contribution in [0.2, 0.25) is 0 Å². The first-order valence-electron chi connectivity index (χ1n) is 9.60. The summed E-state index contributed by atoms with van der Waals surface area (Å²) in [5, 5.41) is 0. The Hall–Kier alpha value is -2.32. The molecular weight excluding hydrogens is 378 g/mol. The topological polar surface area (TPSA) is 72.0 Å². The van der Waals surface area contributed by atoms with Gasteiger partial charge in [-0.3, -0.25) is 0 Å². The van der Waals surface area contributed by atoms with Crippen molar-refractivity contribution in [3.05, 3.63) is 42.6 Å². The third-order valence-electron chi connectivity index (χ3n) is 5.11. The highest BCUT2D eigenvalue weighted by atomic mass is 32.2. The summed E-state index contributed by atoms with van der Waals surface area (Å²) in [5.74, 6) is 2.19. The summed E-state index contributed by atoms with van der Waals surface area (Å²) >= 11 is 0. The number of piperidine rings is 1. The minimum atomic E-state index is -3.46. The molecule has 0 bridgehead atoms. The summed E-state index contributed by atoms with van der Waals surface area (Å²) in [7, 11) is -1.55. The predicted molar refractivity (Wildman–Crippen MR) is 106 cm³/mol. The maximum atomic E-state index is 12.7. The Morgan fingerprint density at radius 1 is 1.11 bits per heavy atom. The number of aromatic nitrogens is 1. The van der Waals surface area contributed by atoms with E-state index in [4.69, 9.17) is 9.47 Å². The average molecular weight is 404 g/mol. The lowest BCUT2D eigenvalue weighted by molar-refractivity contribution is 0.0959. The SMILES string of the molecule is CN(CC1COc2ccccc2O1)c1ccc(S(=O)(=O)N2CCCCC2)cn1. The molecule has 0 N–H and O–H groups in total. The fourth-order valence-corrected chi connectivity index (χ4v) is 5.02. The lowest BCUT2D eigenvalue weighted by Gasteiger charge is -2.30. The Bertz CT molecular complexity index is 911. The van der Waals surface area contributed by atoms with E-state index in [1.54, 1.807) is 16.4 Å². The molecule has 1 aromatic heterocycles. The van der Waals surface area contributed by atoms with Gasteiger partial charge in [0.25, 0.3) is 0 Å². The van der Waals surface area contributed by atoms with Crippen molar-refractivity contribution in [1.29, 1.82) is 0 Å². The number of sulfonamides is 1. The second-order valence-electron chi connectivity index (χ2n) is 7.19. The summed E-state index contributed by atoms with van der Waals surface area (Å²) < 4.78 is 38.8. The van der Waals surface area contributed by atoms with Crippen LogP contribution in [0.15, 0.2) is 47.5 Å². The normalized spacial score (nSPS) is 20.0. The highest BCUT2D eigenvalue weighted by Gasteiger charge is 2.27. The highest BCUT2D eigenvalue weighted by molar-refractivity contribution is 7.89. The van der Waals surface area contributed by atoms with Crippen molar-refractivity contribution in [1.82, 2.24) is 9.29 Å². The summed E-state index contributed by atoms with van der Waals surface area (Å²) in [6, 6.07) is 11.0. The van der Waals surface area contributed by atoms with Gasteiger partial charge < -0.3 is 14.4 Å². The van der Waals surface area contributed by atoms with Gasteiger partial charge in [0, 0.05) is 26.3 Å². The summed E-state index contributed by atoms with van der Waals surface area (Å²) in [6.07, 6.45) is 4.24. The van der Waals surface area contributed by atoms with Crippen LogP contribution in [-0.2, 0) is 10.0 Å². The molecule has 7 nitrogen and oxygen atoms in total. The maximum absolute atomic E-state index is 12.7. The molecule has 2 aromatic rings. The number of hydrogen-bond acceptors (Lipinski definition) is 6. The fourth-order valence-electron chi connectivity index (χ4n) is 3.56. The molecule has 4 rings (SSSR count). The smallest absolute Gasteiger partial charge is 0.244 e. The molecule has 1 fully saturated rings. The zero-order valence-electron chi connectivity index (χ0n) is 16.0. The van der Waals surface area contributed by atoms with E-state index < -0.39 is 10.0 Å². The van der Waals surface area contributed by atoms with Gasteiger partial charge in [-0.15, -0.1) is 0 Å². The van der Waals surface area contributed by atoms with Crippen molar-refractivity contribution in [3.63, 3.8) is 0 Å². The average Bonchev–Trinajstić information content (AvgIpc) is 2.74. The second-order valence-corrected chi connectivity index (χ2v) is 9.13. The number of fused-ring (bicyclic) bond motifs is 1. The van der Waals surface area contributed by atoms with Crippen LogP contribution in [-0.4, -0.2) is 57.1 Å². The molecule has 0 saturated carbocycles. The predicted octanol–water partition coefficient (Wildman–Crippen LogP) is 2.53. The zero-order chi connectivity index (χ0) is 19.6. The van der Waals surface area contributed by atoms with Crippen molar-refractivity contribution >= 4 is 15.8 Å². The van der Waals surface area contributed by atoms with Crippen molar-refractivity contribution < 1.29 is 17.9 Å². The molecule has 150 valence electrons. The van der Waals surface area contributed by atoms with E-state index in [9.17, 15) is 8.42 Å². The minimum absolute atomic E-state index is 0.126. The number of para-hydroxylation sites is 2. The number of ether oxygens (including phenoxy) is 2. The fraction of sp³-hybridized carbons (Fsp3) is 0.450. The number of nitrogens with zero attached hydrogens (tertiary/aromatic N) is 3. The molecule has 0 radical (unpaired) electrons. The molecule has 0 amide bonds. The molecule has 8 heteroatoms. The van der Waals surface area contributed by atoms with Crippen LogP contribution in [0.1, 0.15) is 19.3 Å². The van der Waals surface area contributed by atoms with Gasteiger partial charge in [0.1, 0.15) is 17.3 Å². The van der Waals surface area contributed by atoms with Crippen LogP contribution < -0.4 is 14.4 Å². The van der Waals surface area contributed by atoms with E-state index in [1.165, 1.54) is 6.20 Å². The van der Waals surface area contributed by atoms with E-state index >= 15 is 0 Å². The van der Waals surface area contributed by atoms with Gasteiger partial charge in [-0.05, 0) is 37.1 Å². The lowest BCUT2D eigenvalue weighted by Crippen LogP contribution is -2.39. The number of pyridine rings is 1. The molecule has 28 heavy (non-hydrogen) atoms. The molecule has 2 aliphatic heterocycles. The van der Waals surface area contributed by atoms with E-state index in [1.807, 2.05) is 36.2 Å². The Balaban J connectivity index is 1.41. The Morgan fingerprint density at radius 3 is 2.57 bits per heavy atom. The third kappa shape index (κ3) is 3.93. The Labute approximate surface area is 165 Å². The standard InChI is InChI=1S/C20H25N3O4S/c1-22(14-16-15-26-18-7-3-4-8-19(18)27-16)20-10-9-17(13-21-20)28(24,25)23-11-5-2-6-12-23/h3-4,7-10,13,16H,2,5-6,11-12,14-15H2,1H3. The van der Waals surface area contributed by atoms with Crippen LogP contribution in [0.3, 0.4) is 0 Å². The van der Waals surface area contributed by atoms with Crippen molar-refractivity contribution in [2.75, 3.05) is 38.2 Å². The summed E-state index contributed by atoms with van der Waals surface area (Å²) in [4.78, 5) is 6.56. The van der Waals surface area contributed by atoms with Crippen molar-refractivity contribution in [2.45, 2.75) is 30.3 Å². The van der Waals surface area contributed by atoms with Crippen LogP contribution in [0.25, 0.3) is 0 Å². The highest BCUT2D eigenvalue weighted by Crippen LogP contribution is 2.31. The largest absolute Gasteiger partial charge is 0.486 e. The molecule has 0 aliphatic carbocycles. The monoisotopic (exact) mass is 403 g/mol. The van der Waals surface area contributed by atoms with Crippen LogP contribution in [0.5, 0.6) is 11.5 Å². The van der Waals surface area contributed by atoms with E-state index in [0.717, 1.165) is 30.8 Å². The molecule has 3 heterocycles. The van der Waals surface area contributed by atoms with E-state index in [0.29, 0.717) is 32.1 Å². The molecule has 1 aromatic carbocycles. The third-order valence-corrected chi connectivity index (χ3v) is 6.99. The molecule has 1 atom stereocenters. The summed E-state index contributed by atoms with van der Waals surface area (Å²) in [5.41, 5.74) is 0. The number of rotatable bonds is 5. The first-order chi connectivity index (χ1) is 13.5. The molecule has 1 unspecified atom stereocenters. The molecule has 2 aliphatic rings. The van der Waals surface area contributed by atoms with Gasteiger partial charge in [0.05, 0.1) is 6.54 Å². The zero-order valence-corrected chi connectivity index (χ0v) is 16.8. The molecular formula is C20H25N3O4S. The van der Waals surface area contributed by atoms with Crippen LogP contribution in [0.4, 0.5) is 5.82 Å². The first-order valence-corrected chi connectivity index (χ1v) is 11.0. The van der Waals surface area contributed by atoms with Gasteiger partial charge >= 0.3 is 0 Å². The summed E-state index contributed by atoms with van der Waals surface area (Å²) in [6.45, 7) is 2.22. The van der Waals surface area contributed by atoms with Gasteiger partial charge in [0.2, 0.25) is 10.0 Å². The lowest BCUT2D eigenvalue weighted by atomic mass is 10.2. The number of anilines is 1. The maximum Gasteiger partial charge on any atom is 0.244 e. The second kappa shape index (κ2) is 7.97. The Kier molecular flexibility index (Phi) is 5.41. The van der Waals surface area contributed by atoms with Crippen LogP contribution in [0, 0.1) is 0 Å². The molecule has 0 spiro atoms.